The fourth-order valence-electron chi connectivity index (χ4n) is 2.22. The van der Waals surface area contributed by atoms with Crippen LogP contribution in [0.5, 0.6) is 0 Å². The summed E-state index contributed by atoms with van der Waals surface area (Å²) < 4.78 is 0. The van der Waals surface area contributed by atoms with Crippen molar-refractivity contribution in [3.05, 3.63) is 69.8 Å². The van der Waals surface area contributed by atoms with Crippen LogP contribution in [0.4, 0.5) is 5.69 Å². The molecule has 1 atom stereocenters. The molecule has 2 aromatic carbocycles. The SMILES string of the molecule is CSc1ccc([N+](=O)[O-])c(C(=O)NC[C@@H](C)c2ccccc2)c1. The highest BCUT2D eigenvalue weighted by Gasteiger charge is 2.21. The number of carbonyl (C=O) groups is 1. The number of nitrogens with one attached hydrogen (secondary N) is 1. The molecule has 0 spiro atoms. The van der Waals surface area contributed by atoms with Crippen molar-refractivity contribution in [1.29, 1.82) is 0 Å². The molecule has 2 aromatic rings. The fourth-order valence-corrected chi connectivity index (χ4v) is 2.66. The lowest BCUT2D eigenvalue weighted by Crippen LogP contribution is -2.28. The Morgan fingerprint density at radius 3 is 2.57 bits per heavy atom. The fraction of sp³-hybridized carbons (Fsp3) is 0.235. The average Bonchev–Trinajstić information content (AvgIpc) is 2.59. The number of carbonyl (C=O) groups excluding carboxylic acids is 1. The quantitative estimate of drug-likeness (QED) is 0.496. The summed E-state index contributed by atoms with van der Waals surface area (Å²) in [7, 11) is 0. The zero-order valence-corrected chi connectivity index (χ0v) is 13.8. The Labute approximate surface area is 139 Å². The molecule has 0 heterocycles. The van der Waals surface area contributed by atoms with Gasteiger partial charge in [0.15, 0.2) is 0 Å². The molecule has 1 amide bonds. The van der Waals surface area contributed by atoms with E-state index < -0.39 is 10.8 Å². The number of amides is 1. The third-order valence-corrected chi connectivity index (χ3v) is 4.31. The standard InChI is InChI=1S/C17H18N2O3S/c1-12(13-6-4-3-5-7-13)11-18-17(20)15-10-14(23-2)8-9-16(15)19(21)22/h3-10,12H,11H2,1-2H3,(H,18,20)/t12-/m1/s1. The second-order valence-electron chi connectivity index (χ2n) is 5.16. The minimum absolute atomic E-state index is 0.0992. The molecule has 0 saturated carbocycles. The Morgan fingerprint density at radius 2 is 1.96 bits per heavy atom. The smallest absolute Gasteiger partial charge is 0.282 e. The zero-order valence-electron chi connectivity index (χ0n) is 13.0. The summed E-state index contributed by atoms with van der Waals surface area (Å²) >= 11 is 1.44. The van der Waals surface area contributed by atoms with E-state index in [0.717, 1.165) is 10.5 Å². The Hall–Kier alpha value is -2.34. The zero-order chi connectivity index (χ0) is 16.8. The highest BCUT2D eigenvalue weighted by Crippen LogP contribution is 2.25. The summed E-state index contributed by atoms with van der Waals surface area (Å²) in [6.07, 6.45) is 1.86. The van der Waals surface area contributed by atoms with Crippen LogP contribution in [0.15, 0.2) is 53.4 Å². The van der Waals surface area contributed by atoms with Crippen LogP contribution >= 0.6 is 11.8 Å². The normalized spacial score (nSPS) is 11.7. The summed E-state index contributed by atoms with van der Waals surface area (Å²) in [5, 5.41) is 13.9. The number of nitro benzene ring substituents is 1. The molecule has 0 unspecified atom stereocenters. The molecule has 6 heteroatoms. The first-order valence-electron chi connectivity index (χ1n) is 7.18. The molecule has 120 valence electrons. The Balaban J connectivity index is 2.12. The van der Waals surface area contributed by atoms with E-state index in [-0.39, 0.29) is 17.2 Å². The molecule has 1 N–H and O–H groups in total. The van der Waals surface area contributed by atoms with Crippen molar-refractivity contribution in [2.24, 2.45) is 0 Å². The molecule has 0 aliphatic carbocycles. The van der Waals surface area contributed by atoms with E-state index in [1.165, 1.54) is 17.8 Å². The van der Waals surface area contributed by atoms with Gasteiger partial charge in [-0.25, -0.2) is 0 Å². The van der Waals surface area contributed by atoms with Crippen LogP contribution in [0.25, 0.3) is 0 Å². The number of rotatable bonds is 6. The van der Waals surface area contributed by atoms with Crippen LogP contribution in [-0.2, 0) is 0 Å². The molecule has 0 aliphatic heterocycles. The molecule has 0 aromatic heterocycles. The number of hydrogen-bond donors (Lipinski definition) is 1. The van der Waals surface area contributed by atoms with Crippen molar-refractivity contribution in [3.63, 3.8) is 0 Å². The monoisotopic (exact) mass is 330 g/mol. The molecule has 2 rings (SSSR count). The van der Waals surface area contributed by atoms with E-state index in [1.807, 2.05) is 43.5 Å². The molecular formula is C17H18N2O3S. The highest BCUT2D eigenvalue weighted by molar-refractivity contribution is 7.98. The van der Waals surface area contributed by atoms with Crippen molar-refractivity contribution in [3.8, 4) is 0 Å². The maximum atomic E-state index is 12.3. The van der Waals surface area contributed by atoms with Gasteiger partial charge in [-0.2, -0.15) is 0 Å². The van der Waals surface area contributed by atoms with Crippen molar-refractivity contribution in [2.75, 3.05) is 12.8 Å². The third kappa shape index (κ3) is 4.32. The van der Waals surface area contributed by atoms with E-state index in [4.69, 9.17) is 0 Å². The number of thioether (sulfide) groups is 1. The Morgan fingerprint density at radius 1 is 1.26 bits per heavy atom. The van der Waals surface area contributed by atoms with E-state index in [2.05, 4.69) is 5.32 Å². The van der Waals surface area contributed by atoms with Crippen LogP contribution in [0.3, 0.4) is 0 Å². The first-order valence-corrected chi connectivity index (χ1v) is 8.41. The Kier molecular flexibility index (Phi) is 5.76. The summed E-state index contributed by atoms with van der Waals surface area (Å²) in [5.41, 5.74) is 1.04. The topological polar surface area (TPSA) is 72.2 Å². The van der Waals surface area contributed by atoms with Gasteiger partial charge in [0.1, 0.15) is 5.56 Å². The van der Waals surface area contributed by atoms with Gasteiger partial charge in [-0.3, -0.25) is 14.9 Å². The van der Waals surface area contributed by atoms with Crippen LogP contribution < -0.4 is 5.32 Å². The van der Waals surface area contributed by atoms with Gasteiger partial charge in [0.25, 0.3) is 11.6 Å². The number of benzene rings is 2. The molecule has 23 heavy (non-hydrogen) atoms. The second kappa shape index (κ2) is 7.78. The summed E-state index contributed by atoms with van der Waals surface area (Å²) in [6, 6.07) is 14.4. The van der Waals surface area contributed by atoms with Gasteiger partial charge in [0.2, 0.25) is 0 Å². The van der Waals surface area contributed by atoms with Crippen molar-refractivity contribution in [1.82, 2.24) is 5.32 Å². The minimum atomic E-state index is -0.528. The number of nitro groups is 1. The summed E-state index contributed by atoms with van der Waals surface area (Å²) in [6.45, 7) is 2.42. The Bertz CT molecular complexity index is 704. The second-order valence-corrected chi connectivity index (χ2v) is 6.04. The van der Waals surface area contributed by atoms with Crippen LogP contribution in [0, 0.1) is 10.1 Å². The van der Waals surface area contributed by atoms with Crippen molar-refractivity contribution < 1.29 is 9.72 Å². The highest BCUT2D eigenvalue weighted by atomic mass is 32.2. The van der Waals surface area contributed by atoms with Crippen LogP contribution in [-0.4, -0.2) is 23.6 Å². The summed E-state index contributed by atoms with van der Waals surface area (Å²) in [5.74, 6) is -0.293. The number of nitrogens with zero attached hydrogens (tertiary/aromatic N) is 1. The molecule has 0 radical (unpaired) electrons. The minimum Gasteiger partial charge on any atom is -0.351 e. The van der Waals surface area contributed by atoms with Crippen molar-refractivity contribution >= 4 is 23.4 Å². The van der Waals surface area contributed by atoms with Gasteiger partial charge in [0.05, 0.1) is 4.92 Å². The molecule has 0 aliphatic rings. The van der Waals surface area contributed by atoms with Gasteiger partial charge in [-0.15, -0.1) is 11.8 Å². The molecule has 0 fully saturated rings. The van der Waals surface area contributed by atoms with Crippen molar-refractivity contribution in [2.45, 2.75) is 17.7 Å². The van der Waals surface area contributed by atoms with Gasteiger partial charge < -0.3 is 5.32 Å². The van der Waals surface area contributed by atoms with Crippen LogP contribution in [0.2, 0.25) is 0 Å². The van der Waals surface area contributed by atoms with Gasteiger partial charge in [-0.1, -0.05) is 37.3 Å². The van der Waals surface area contributed by atoms with E-state index in [9.17, 15) is 14.9 Å². The van der Waals surface area contributed by atoms with E-state index >= 15 is 0 Å². The molecule has 0 saturated heterocycles. The number of hydrogen-bond acceptors (Lipinski definition) is 4. The lowest BCUT2D eigenvalue weighted by molar-refractivity contribution is -0.385. The maximum Gasteiger partial charge on any atom is 0.282 e. The average molecular weight is 330 g/mol. The van der Waals surface area contributed by atoms with Gasteiger partial charge >= 0.3 is 0 Å². The predicted octanol–water partition coefficient (Wildman–Crippen LogP) is 3.85. The predicted molar refractivity (Wildman–Crippen MR) is 92.1 cm³/mol. The van der Waals surface area contributed by atoms with Gasteiger partial charge in [0, 0.05) is 17.5 Å². The summed E-state index contributed by atoms with van der Waals surface area (Å²) in [4.78, 5) is 23.7. The first kappa shape index (κ1) is 17.0. The molecular weight excluding hydrogens is 312 g/mol. The third-order valence-electron chi connectivity index (χ3n) is 3.58. The lowest BCUT2D eigenvalue weighted by Gasteiger charge is -2.13. The molecule has 0 bridgehead atoms. The van der Waals surface area contributed by atoms with Gasteiger partial charge in [-0.05, 0) is 29.9 Å². The first-order chi connectivity index (χ1) is 11.0. The maximum absolute atomic E-state index is 12.3. The van der Waals surface area contributed by atoms with E-state index in [1.54, 1.807) is 12.1 Å². The molecule has 5 nitrogen and oxygen atoms in total. The van der Waals surface area contributed by atoms with Crippen LogP contribution in [0.1, 0.15) is 28.8 Å². The largest absolute Gasteiger partial charge is 0.351 e. The lowest BCUT2D eigenvalue weighted by atomic mass is 10.0. The van der Waals surface area contributed by atoms with E-state index in [0.29, 0.717) is 6.54 Å².